The van der Waals surface area contributed by atoms with Crippen LogP contribution in [0, 0.1) is 12.3 Å². The van der Waals surface area contributed by atoms with Crippen molar-refractivity contribution in [2.75, 3.05) is 26.4 Å². The molecule has 1 atom stereocenters. The van der Waals surface area contributed by atoms with Crippen LogP contribution in [0.3, 0.4) is 0 Å². The third-order valence-electron chi connectivity index (χ3n) is 6.78. The van der Waals surface area contributed by atoms with E-state index in [9.17, 15) is 13.2 Å². The van der Waals surface area contributed by atoms with Gasteiger partial charge in [0.15, 0.2) is 5.79 Å². The van der Waals surface area contributed by atoms with Crippen LogP contribution in [0.4, 0.5) is 0 Å². The Morgan fingerprint density at radius 3 is 2.34 bits per heavy atom. The largest absolute Gasteiger partial charge is 0.344 e. The number of hydrogen-bond donors (Lipinski definition) is 0. The van der Waals surface area contributed by atoms with Crippen molar-refractivity contribution in [2.24, 2.45) is 5.41 Å². The van der Waals surface area contributed by atoms with Crippen molar-refractivity contribution >= 4 is 16.0 Å². The fourth-order valence-corrected chi connectivity index (χ4v) is 5.87. The number of carbonyl (C=O) groups is 1. The average molecular weight is 464 g/mol. The molecule has 1 aromatic rings. The second-order valence-electron chi connectivity index (χ2n) is 10.1. The quantitative estimate of drug-likeness (QED) is 0.490. The molecule has 1 aromatic carbocycles. The van der Waals surface area contributed by atoms with Gasteiger partial charge < -0.3 is 14.4 Å². The summed E-state index contributed by atoms with van der Waals surface area (Å²) in [6.45, 7) is 9.70. The van der Waals surface area contributed by atoms with Gasteiger partial charge in [0.1, 0.15) is 0 Å². The van der Waals surface area contributed by atoms with Gasteiger partial charge in [0, 0.05) is 30.3 Å². The maximum atomic E-state index is 12.9. The number of amides is 1. The molecule has 0 saturated carbocycles. The van der Waals surface area contributed by atoms with Crippen LogP contribution in [0.2, 0.25) is 0 Å². The van der Waals surface area contributed by atoms with E-state index in [1.807, 2.05) is 38.7 Å². The molecule has 0 N–H and O–H groups in total. The summed E-state index contributed by atoms with van der Waals surface area (Å²) in [5.41, 5.74) is 1.35. The second-order valence-corrected chi connectivity index (χ2v) is 11.7. The molecular formula is C24H33NO6S. The molecule has 2 saturated heterocycles. The first-order valence-electron chi connectivity index (χ1n) is 11.2. The molecule has 0 aromatic heterocycles. The van der Waals surface area contributed by atoms with Gasteiger partial charge in [-0.05, 0) is 58.7 Å². The van der Waals surface area contributed by atoms with E-state index >= 15 is 0 Å². The predicted molar refractivity (Wildman–Crippen MR) is 119 cm³/mol. The minimum absolute atomic E-state index is 0.00355. The molecule has 2 fully saturated rings. The number of carbonyl (C=O) groups excluding carboxylic acids is 1. The SMILES string of the molecule is Cc1ccc(S(=O)(=O)OCCC2=CC3(CC[C@]24CC(=O)N(C(C)(C)C)C4)OCCO3)cc1. The van der Waals surface area contributed by atoms with Gasteiger partial charge in [0.2, 0.25) is 5.91 Å². The van der Waals surface area contributed by atoms with Gasteiger partial charge in [-0.1, -0.05) is 23.3 Å². The molecule has 2 spiro atoms. The number of likely N-dealkylation sites (tertiary alicyclic amines) is 1. The zero-order chi connectivity index (χ0) is 23.2. The van der Waals surface area contributed by atoms with Crippen LogP contribution in [-0.4, -0.2) is 56.9 Å². The normalized spacial score (nSPS) is 25.7. The highest BCUT2D eigenvalue weighted by molar-refractivity contribution is 7.86. The number of ether oxygens (including phenoxy) is 2. The zero-order valence-corrected chi connectivity index (χ0v) is 20.2. The summed E-state index contributed by atoms with van der Waals surface area (Å²) in [4.78, 5) is 15.0. The molecule has 0 radical (unpaired) electrons. The second kappa shape index (κ2) is 8.24. The van der Waals surface area contributed by atoms with Crippen LogP contribution in [0.25, 0.3) is 0 Å². The van der Waals surface area contributed by atoms with Crippen LogP contribution >= 0.6 is 0 Å². The van der Waals surface area contributed by atoms with Gasteiger partial charge in [-0.3, -0.25) is 8.98 Å². The Morgan fingerprint density at radius 1 is 1.09 bits per heavy atom. The van der Waals surface area contributed by atoms with Gasteiger partial charge in [-0.25, -0.2) is 0 Å². The molecule has 176 valence electrons. The predicted octanol–water partition coefficient (Wildman–Crippen LogP) is 3.57. The number of rotatable bonds is 5. The summed E-state index contributed by atoms with van der Waals surface area (Å²) >= 11 is 0. The smallest absolute Gasteiger partial charge is 0.296 e. The van der Waals surface area contributed by atoms with Crippen LogP contribution in [0.5, 0.6) is 0 Å². The van der Waals surface area contributed by atoms with Gasteiger partial charge in [0.05, 0.1) is 24.7 Å². The average Bonchev–Trinajstić information content (AvgIpc) is 3.30. The Labute approximate surface area is 190 Å². The Morgan fingerprint density at radius 2 is 1.75 bits per heavy atom. The van der Waals surface area contributed by atoms with Gasteiger partial charge in [0.25, 0.3) is 10.1 Å². The number of nitrogens with zero attached hydrogens (tertiary/aromatic N) is 1. The lowest BCUT2D eigenvalue weighted by molar-refractivity contribution is -0.134. The van der Waals surface area contributed by atoms with Crippen molar-refractivity contribution in [2.45, 2.75) is 69.6 Å². The Balaban J connectivity index is 1.55. The topological polar surface area (TPSA) is 82.1 Å². The van der Waals surface area contributed by atoms with Gasteiger partial charge >= 0.3 is 0 Å². The summed E-state index contributed by atoms with van der Waals surface area (Å²) in [5, 5.41) is 0. The molecule has 1 aliphatic carbocycles. The molecule has 0 unspecified atom stereocenters. The number of aryl methyl sites for hydroxylation is 1. The van der Waals surface area contributed by atoms with Gasteiger partial charge in [-0.15, -0.1) is 0 Å². The maximum absolute atomic E-state index is 12.9. The molecule has 2 aliphatic heterocycles. The maximum Gasteiger partial charge on any atom is 0.296 e. The van der Waals surface area contributed by atoms with Crippen molar-refractivity contribution in [3.05, 3.63) is 41.5 Å². The summed E-state index contributed by atoms with van der Waals surface area (Å²) in [7, 11) is -3.85. The highest BCUT2D eigenvalue weighted by atomic mass is 32.2. The first-order valence-corrected chi connectivity index (χ1v) is 12.6. The lowest BCUT2D eigenvalue weighted by Gasteiger charge is -2.42. The van der Waals surface area contributed by atoms with E-state index in [2.05, 4.69) is 0 Å². The van der Waals surface area contributed by atoms with E-state index in [0.29, 0.717) is 39.0 Å². The van der Waals surface area contributed by atoms with Crippen molar-refractivity contribution in [3.63, 3.8) is 0 Å². The third kappa shape index (κ3) is 4.51. The fraction of sp³-hybridized carbons (Fsp3) is 0.625. The lowest BCUT2D eigenvalue weighted by Crippen LogP contribution is -2.45. The summed E-state index contributed by atoms with van der Waals surface area (Å²) in [6, 6.07) is 6.60. The highest BCUT2D eigenvalue weighted by Crippen LogP contribution is 2.51. The minimum Gasteiger partial charge on any atom is -0.344 e. The minimum atomic E-state index is -3.85. The summed E-state index contributed by atoms with van der Waals surface area (Å²) in [6.07, 6.45) is 4.23. The van der Waals surface area contributed by atoms with E-state index in [1.54, 1.807) is 24.3 Å². The van der Waals surface area contributed by atoms with E-state index in [4.69, 9.17) is 13.7 Å². The van der Waals surface area contributed by atoms with Crippen LogP contribution in [0.15, 0.2) is 40.8 Å². The van der Waals surface area contributed by atoms with Crippen molar-refractivity contribution in [3.8, 4) is 0 Å². The Kier molecular flexibility index (Phi) is 6.03. The molecule has 2 heterocycles. The fourth-order valence-electron chi connectivity index (χ4n) is 4.96. The van der Waals surface area contributed by atoms with E-state index < -0.39 is 15.9 Å². The summed E-state index contributed by atoms with van der Waals surface area (Å²) in [5.74, 6) is -0.643. The summed E-state index contributed by atoms with van der Waals surface area (Å²) < 4.78 is 42.5. The lowest BCUT2D eigenvalue weighted by atomic mass is 9.69. The van der Waals surface area contributed by atoms with Crippen LogP contribution < -0.4 is 0 Å². The third-order valence-corrected chi connectivity index (χ3v) is 8.11. The van der Waals surface area contributed by atoms with Crippen molar-refractivity contribution in [1.82, 2.24) is 4.90 Å². The van der Waals surface area contributed by atoms with Crippen LogP contribution in [-0.2, 0) is 28.6 Å². The molecule has 8 heteroatoms. The molecule has 32 heavy (non-hydrogen) atoms. The molecule has 0 bridgehead atoms. The molecule has 3 aliphatic rings. The van der Waals surface area contributed by atoms with E-state index in [1.165, 1.54) is 0 Å². The molecule has 7 nitrogen and oxygen atoms in total. The first-order chi connectivity index (χ1) is 14.9. The van der Waals surface area contributed by atoms with Crippen molar-refractivity contribution in [1.29, 1.82) is 0 Å². The Bertz CT molecular complexity index is 1000. The molecule has 1 amide bonds. The Hall–Kier alpha value is -1.74. The van der Waals surface area contributed by atoms with E-state index in [-0.39, 0.29) is 28.4 Å². The number of hydrogen-bond acceptors (Lipinski definition) is 6. The first kappa shape index (κ1) is 23.4. The molecule has 4 rings (SSSR count). The number of benzene rings is 1. The standard InChI is InChI=1S/C24H33NO6S/c1-18-5-7-20(8-6-18)32(27,28)31-12-9-19-15-24(29-13-14-30-24)11-10-23(19)16-21(26)25(17-23)22(2,3)4/h5-8,15H,9-14,16-17H2,1-4H3/t23-/m1/s1. The van der Waals surface area contributed by atoms with E-state index in [0.717, 1.165) is 17.6 Å². The van der Waals surface area contributed by atoms with Crippen molar-refractivity contribution < 1.29 is 26.9 Å². The van der Waals surface area contributed by atoms with Gasteiger partial charge in [-0.2, -0.15) is 8.42 Å². The monoisotopic (exact) mass is 463 g/mol. The zero-order valence-electron chi connectivity index (χ0n) is 19.3. The van der Waals surface area contributed by atoms with Crippen LogP contribution in [0.1, 0.15) is 52.0 Å². The molecular weight excluding hydrogens is 430 g/mol. The highest BCUT2D eigenvalue weighted by Gasteiger charge is 2.53.